The average molecular weight is 328 g/mol. The lowest BCUT2D eigenvalue weighted by atomic mass is 10.1. The van der Waals surface area contributed by atoms with E-state index < -0.39 is 4.92 Å². The minimum absolute atomic E-state index is 0.0528. The number of nitrogens with zero attached hydrogens (tertiary/aromatic N) is 1. The summed E-state index contributed by atoms with van der Waals surface area (Å²) in [4.78, 5) is 22.8. The molecular formula is C18H20N2O4. The Morgan fingerprint density at radius 3 is 2.67 bits per heavy atom. The highest BCUT2D eigenvalue weighted by molar-refractivity contribution is 5.96. The molecule has 2 aromatic rings. The first-order valence-electron chi connectivity index (χ1n) is 7.59. The number of hydrogen-bond donors (Lipinski definition) is 1. The number of aryl methyl sites for hydroxylation is 1. The molecule has 2 rings (SSSR count). The summed E-state index contributed by atoms with van der Waals surface area (Å²) in [5.74, 6) is 0.462. The number of carbonyl (C=O) groups excluding carboxylic acids is 1. The normalized spacial score (nSPS) is 10.3. The van der Waals surface area contributed by atoms with Gasteiger partial charge in [0.05, 0.1) is 12.0 Å². The smallest absolute Gasteiger partial charge is 0.273 e. The van der Waals surface area contributed by atoms with Crippen LogP contribution in [0.25, 0.3) is 0 Å². The van der Waals surface area contributed by atoms with Crippen molar-refractivity contribution in [3.63, 3.8) is 0 Å². The molecule has 0 bridgehead atoms. The van der Waals surface area contributed by atoms with Gasteiger partial charge in [0.25, 0.3) is 11.6 Å². The summed E-state index contributed by atoms with van der Waals surface area (Å²) in [6, 6.07) is 10.4. The van der Waals surface area contributed by atoms with E-state index in [0.717, 1.165) is 16.9 Å². The van der Waals surface area contributed by atoms with Gasteiger partial charge in [0.1, 0.15) is 5.75 Å². The molecule has 0 saturated heterocycles. The van der Waals surface area contributed by atoms with E-state index in [0.29, 0.717) is 24.1 Å². The summed E-state index contributed by atoms with van der Waals surface area (Å²) < 4.78 is 5.32. The van der Waals surface area contributed by atoms with E-state index in [1.165, 1.54) is 12.1 Å². The molecule has 6 nitrogen and oxygen atoms in total. The maximum atomic E-state index is 12.3. The summed E-state index contributed by atoms with van der Waals surface area (Å²) >= 11 is 0. The zero-order chi connectivity index (χ0) is 17.7. The van der Waals surface area contributed by atoms with Crippen LogP contribution in [0, 0.1) is 24.0 Å². The molecule has 0 aromatic heterocycles. The molecule has 0 saturated carbocycles. The predicted octanol–water partition coefficient (Wildman–Crippen LogP) is 3.19. The topological polar surface area (TPSA) is 81.5 Å². The molecule has 126 valence electrons. The standard InChI is InChI=1S/C18H20N2O4/c1-12-7-8-17(24-3)14(11-12)9-10-19-18(21)15-5-4-6-16(13(15)2)20(22)23/h4-8,11H,9-10H2,1-3H3,(H,19,21). The second-order valence-corrected chi connectivity index (χ2v) is 5.53. The second-order valence-electron chi connectivity index (χ2n) is 5.53. The van der Waals surface area contributed by atoms with Gasteiger partial charge >= 0.3 is 0 Å². The van der Waals surface area contributed by atoms with Crippen LogP contribution in [0.3, 0.4) is 0 Å². The van der Waals surface area contributed by atoms with Crippen molar-refractivity contribution >= 4 is 11.6 Å². The summed E-state index contributed by atoms with van der Waals surface area (Å²) in [5, 5.41) is 13.8. The third kappa shape index (κ3) is 3.90. The summed E-state index contributed by atoms with van der Waals surface area (Å²) in [7, 11) is 1.61. The maximum Gasteiger partial charge on any atom is 0.273 e. The summed E-state index contributed by atoms with van der Waals surface area (Å²) in [6.45, 7) is 3.99. The molecule has 0 aliphatic rings. The lowest BCUT2D eigenvalue weighted by Gasteiger charge is -2.11. The first kappa shape index (κ1) is 17.5. The van der Waals surface area contributed by atoms with Gasteiger partial charge in [-0.3, -0.25) is 14.9 Å². The van der Waals surface area contributed by atoms with Crippen LogP contribution in [0.15, 0.2) is 36.4 Å². The van der Waals surface area contributed by atoms with Crippen LogP contribution >= 0.6 is 0 Å². The maximum absolute atomic E-state index is 12.3. The molecule has 0 aliphatic carbocycles. The molecule has 0 unspecified atom stereocenters. The Hall–Kier alpha value is -2.89. The van der Waals surface area contributed by atoms with Gasteiger partial charge in [0.15, 0.2) is 0 Å². The molecule has 1 amide bonds. The second kappa shape index (κ2) is 7.59. The van der Waals surface area contributed by atoms with E-state index in [1.54, 1.807) is 20.1 Å². The minimum Gasteiger partial charge on any atom is -0.496 e. The molecule has 2 aromatic carbocycles. The van der Waals surface area contributed by atoms with Crippen molar-refractivity contribution in [3.05, 3.63) is 68.8 Å². The van der Waals surface area contributed by atoms with Gasteiger partial charge in [0, 0.05) is 23.7 Å². The monoisotopic (exact) mass is 328 g/mol. The lowest BCUT2D eigenvalue weighted by molar-refractivity contribution is -0.385. The highest BCUT2D eigenvalue weighted by Crippen LogP contribution is 2.22. The van der Waals surface area contributed by atoms with Crippen LogP contribution in [0.2, 0.25) is 0 Å². The molecule has 1 N–H and O–H groups in total. The van der Waals surface area contributed by atoms with E-state index in [2.05, 4.69) is 5.32 Å². The molecule has 0 heterocycles. The van der Waals surface area contributed by atoms with E-state index >= 15 is 0 Å². The van der Waals surface area contributed by atoms with Gasteiger partial charge in [-0.05, 0) is 38.0 Å². The fraction of sp³-hybridized carbons (Fsp3) is 0.278. The van der Waals surface area contributed by atoms with Crippen molar-refractivity contribution < 1.29 is 14.5 Å². The zero-order valence-electron chi connectivity index (χ0n) is 14.0. The Bertz CT molecular complexity index is 772. The molecule has 0 aliphatic heterocycles. The first-order chi connectivity index (χ1) is 11.4. The van der Waals surface area contributed by atoms with Gasteiger partial charge in [-0.2, -0.15) is 0 Å². The van der Waals surface area contributed by atoms with Gasteiger partial charge in [0.2, 0.25) is 0 Å². The van der Waals surface area contributed by atoms with Crippen molar-refractivity contribution in [2.24, 2.45) is 0 Å². The van der Waals surface area contributed by atoms with Gasteiger partial charge in [-0.1, -0.05) is 23.8 Å². The third-order valence-electron chi connectivity index (χ3n) is 3.86. The Kier molecular flexibility index (Phi) is 5.52. The lowest BCUT2D eigenvalue weighted by Crippen LogP contribution is -2.26. The average Bonchev–Trinajstić information content (AvgIpc) is 2.54. The third-order valence-corrected chi connectivity index (χ3v) is 3.86. The van der Waals surface area contributed by atoms with Crippen LogP contribution < -0.4 is 10.1 Å². The number of ether oxygens (including phenoxy) is 1. The van der Waals surface area contributed by atoms with Crippen LogP contribution in [0.5, 0.6) is 5.75 Å². The number of nitro groups is 1. The number of nitrogens with one attached hydrogen (secondary N) is 1. The minimum atomic E-state index is -0.482. The SMILES string of the molecule is COc1ccc(C)cc1CCNC(=O)c1cccc([N+](=O)[O-])c1C. The predicted molar refractivity (Wildman–Crippen MR) is 91.6 cm³/mol. The Balaban J connectivity index is 2.06. The van der Waals surface area contributed by atoms with E-state index in [-0.39, 0.29) is 11.6 Å². The van der Waals surface area contributed by atoms with Crippen LogP contribution in [0.1, 0.15) is 27.0 Å². The van der Waals surface area contributed by atoms with Gasteiger partial charge in [-0.15, -0.1) is 0 Å². The molecular weight excluding hydrogens is 308 g/mol. The molecule has 24 heavy (non-hydrogen) atoms. The van der Waals surface area contributed by atoms with Gasteiger partial charge < -0.3 is 10.1 Å². The number of methoxy groups -OCH3 is 1. The molecule has 0 atom stereocenters. The van der Waals surface area contributed by atoms with Crippen LogP contribution in [0.4, 0.5) is 5.69 Å². The van der Waals surface area contributed by atoms with Gasteiger partial charge in [-0.25, -0.2) is 0 Å². The van der Waals surface area contributed by atoms with Crippen molar-refractivity contribution in [3.8, 4) is 5.75 Å². The highest BCUT2D eigenvalue weighted by Gasteiger charge is 2.17. The Labute approximate surface area is 140 Å². The molecule has 6 heteroatoms. The number of nitro benzene ring substituents is 1. The Morgan fingerprint density at radius 2 is 2.00 bits per heavy atom. The molecule has 0 spiro atoms. The highest BCUT2D eigenvalue weighted by atomic mass is 16.6. The Morgan fingerprint density at radius 1 is 1.25 bits per heavy atom. The first-order valence-corrected chi connectivity index (χ1v) is 7.59. The number of hydrogen-bond acceptors (Lipinski definition) is 4. The zero-order valence-corrected chi connectivity index (χ0v) is 14.0. The van der Waals surface area contributed by atoms with E-state index in [1.807, 2.05) is 25.1 Å². The van der Waals surface area contributed by atoms with Crippen molar-refractivity contribution in [2.45, 2.75) is 20.3 Å². The molecule has 0 radical (unpaired) electrons. The quantitative estimate of drug-likeness (QED) is 0.652. The number of carbonyl (C=O) groups is 1. The van der Waals surface area contributed by atoms with Crippen molar-refractivity contribution in [1.29, 1.82) is 0 Å². The van der Waals surface area contributed by atoms with E-state index in [9.17, 15) is 14.9 Å². The van der Waals surface area contributed by atoms with Crippen LogP contribution in [-0.4, -0.2) is 24.5 Å². The largest absolute Gasteiger partial charge is 0.496 e. The van der Waals surface area contributed by atoms with Crippen molar-refractivity contribution in [1.82, 2.24) is 5.32 Å². The number of benzene rings is 2. The summed E-state index contributed by atoms with van der Waals surface area (Å²) in [5.41, 5.74) is 2.76. The van der Waals surface area contributed by atoms with Crippen LogP contribution in [-0.2, 0) is 6.42 Å². The number of rotatable bonds is 6. The fourth-order valence-corrected chi connectivity index (χ4v) is 2.58. The number of amides is 1. The van der Waals surface area contributed by atoms with Crippen molar-refractivity contribution in [2.75, 3.05) is 13.7 Å². The van der Waals surface area contributed by atoms with E-state index in [4.69, 9.17) is 4.74 Å². The summed E-state index contributed by atoms with van der Waals surface area (Å²) in [6.07, 6.45) is 0.616. The molecule has 0 fully saturated rings. The fourth-order valence-electron chi connectivity index (χ4n) is 2.58.